The fraction of sp³-hybridized carbons (Fsp3) is 0.300. The number of aromatic hydroxyl groups is 1. The van der Waals surface area contributed by atoms with Crippen molar-refractivity contribution in [1.82, 2.24) is 0 Å². The largest absolute Gasteiger partial charge is 0.807 e. The maximum Gasteiger partial charge on any atom is 0.272 e. The summed E-state index contributed by atoms with van der Waals surface area (Å²) in [6, 6.07) is 2.95. The molecular formula is C10H13NO9P2S-2. The fourth-order valence-corrected chi connectivity index (χ4v) is 7.07. The average Bonchev–Trinajstić information content (AvgIpc) is 2.48. The number of benzene rings is 1. The Balaban J connectivity index is 3.57. The smallest absolute Gasteiger partial charge is 0.272 e. The number of thioether (sulfide) groups is 1. The Morgan fingerprint density at radius 3 is 2.13 bits per heavy atom. The van der Waals surface area contributed by atoms with Crippen LogP contribution in [0.15, 0.2) is 23.1 Å². The van der Waals surface area contributed by atoms with Gasteiger partial charge in [0.2, 0.25) is 0 Å². The normalized spacial score (nSPS) is 12.2. The predicted octanol–water partition coefficient (Wildman–Crippen LogP) is 1.10. The zero-order valence-electron chi connectivity index (χ0n) is 12.2. The molecule has 0 fully saturated rings. The molecule has 13 heteroatoms. The van der Waals surface area contributed by atoms with E-state index in [-0.39, 0.29) is 16.7 Å². The van der Waals surface area contributed by atoms with Crippen molar-refractivity contribution in [2.24, 2.45) is 0 Å². The second-order valence-electron chi connectivity index (χ2n) is 3.84. The van der Waals surface area contributed by atoms with E-state index in [1.54, 1.807) is 0 Å². The van der Waals surface area contributed by atoms with Crippen LogP contribution in [0.5, 0.6) is 5.75 Å². The summed E-state index contributed by atoms with van der Waals surface area (Å²) < 4.78 is 25.5. The summed E-state index contributed by atoms with van der Waals surface area (Å²) in [6.07, 6.45) is 0. The number of hydrogen-bond acceptors (Lipinski definition) is 10. The Kier molecular flexibility index (Phi) is 6.81. The summed E-state index contributed by atoms with van der Waals surface area (Å²) in [5.41, 5.74) is -0.396. The fourth-order valence-electron chi connectivity index (χ4n) is 1.52. The number of nitrogens with zero attached hydrogens (tertiary/aromatic N) is 1. The number of nitro benzene ring substituents is 1. The summed E-state index contributed by atoms with van der Waals surface area (Å²) in [4.78, 5) is 33.0. The molecule has 0 atom stereocenters. The van der Waals surface area contributed by atoms with Crippen LogP contribution in [0.1, 0.15) is 0 Å². The Morgan fingerprint density at radius 2 is 1.74 bits per heavy atom. The quantitative estimate of drug-likeness (QED) is 0.312. The van der Waals surface area contributed by atoms with E-state index < -0.39 is 35.9 Å². The third-order valence-electron chi connectivity index (χ3n) is 2.55. The minimum Gasteiger partial charge on any atom is -0.807 e. The van der Waals surface area contributed by atoms with Crippen LogP contribution in [-0.2, 0) is 18.1 Å². The van der Waals surface area contributed by atoms with E-state index in [0.717, 1.165) is 39.5 Å². The van der Waals surface area contributed by atoms with Gasteiger partial charge in [-0.3, -0.25) is 10.1 Å². The zero-order chi connectivity index (χ0) is 17.8. The first kappa shape index (κ1) is 20.1. The third-order valence-corrected chi connectivity index (χ3v) is 9.01. The van der Waals surface area contributed by atoms with Crippen molar-refractivity contribution in [2.45, 2.75) is 4.90 Å². The Labute approximate surface area is 135 Å². The van der Waals surface area contributed by atoms with E-state index in [4.69, 9.17) is 13.6 Å². The Bertz CT molecular complexity index is 683. The SMILES string of the molecule is COP(OC)(OC)=C(Sc1cc([N+](=O)[O-])ccc1O)P(=O)([O-])[O-]. The summed E-state index contributed by atoms with van der Waals surface area (Å²) in [6.45, 7) is 0. The lowest BCUT2D eigenvalue weighted by Gasteiger charge is -2.36. The van der Waals surface area contributed by atoms with Crippen LogP contribution in [0.3, 0.4) is 0 Å². The second kappa shape index (κ2) is 7.78. The summed E-state index contributed by atoms with van der Waals surface area (Å²) in [5, 5.41) is 20.5. The topological polar surface area (TPSA) is 154 Å². The molecule has 0 saturated heterocycles. The van der Waals surface area contributed by atoms with Crippen molar-refractivity contribution >= 4 is 37.0 Å². The highest BCUT2D eigenvalue weighted by Crippen LogP contribution is 2.61. The molecule has 0 heterocycles. The average molecular weight is 385 g/mol. The molecule has 0 aliphatic carbocycles. The molecule has 130 valence electrons. The maximum absolute atomic E-state index is 11.6. The van der Waals surface area contributed by atoms with Crippen LogP contribution in [0, 0.1) is 10.1 Å². The van der Waals surface area contributed by atoms with E-state index in [1.165, 1.54) is 0 Å². The molecule has 10 nitrogen and oxygen atoms in total. The lowest BCUT2D eigenvalue weighted by molar-refractivity contribution is -0.385. The lowest BCUT2D eigenvalue weighted by Crippen LogP contribution is -2.22. The molecule has 1 rings (SSSR count). The molecule has 0 aliphatic rings. The number of phenols is 1. The third kappa shape index (κ3) is 4.56. The van der Waals surface area contributed by atoms with Gasteiger partial charge in [-0.05, 0) is 13.7 Å². The van der Waals surface area contributed by atoms with Gasteiger partial charge in [0, 0.05) is 33.5 Å². The molecule has 1 N–H and O–H groups in total. The number of hydrogen-bond donors (Lipinski definition) is 1. The Morgan fingerprint density at radius 1 is 1.22 bits per heavy atom. The van der Waals surface area contributed by atoms with E-state index >= 15 is 0 Å². The van der Waals surface area contributed by atoms with E-state index in [0.29, 0.717) is 0 Å². The minimum absolute atomic E-state index is 0.225. The molecule has 0 saturated carbocycles. The second-order valence-corrected chi connectivity index (χ2v) is 9.83. The van der Waals surface area contributed by atoms with E-state index in [2.05, 4.69) is 0 Å². The molecule has 1 aromatic rings. The van der Waals surface area contributed by atoms with Crippen LogP contribution in [0.2, 0.25) is 0 Å². The van der Waals surface area contributed by atoms with Gasteiger partial charge in [-0.2, -0.15) is 0 Å². The molecule has 0 aliphatic heterocycles. The summed E-state index contributed by atoms with van der Waals surface area (Å²) in [5.74, 6) is -0.451. The molecule has 1 aromatic carbocycles. The first-order chi connectivity index (χ1) is 10.6. The minimum atomic E-state index is -5.40. The van der Waals surface area contributed by atoms with Gasteiger partial charge in [0.1, 0.15) is 5.75 Å². The highest BCUT2D eigenvalue weighted by molar-refractivity contribution is 8.32. The van der Waals surface area contributed by atoms with Crippen LogP contribution in [0.25, 0.3) is 0 Å². The number of nitro groups is 1. The predicted molar refractivity (Wildman–Crippen MR) is 81.2 cm³/mol. The van der Waals surface area contributed by atoms with Gasteiger partial charge < -0.3 is 33.0 Å². The molecule has 23 heavy (non-hydrogen) atoms. The van der Waals surface area contributed by atoms with E-state index in [1.807, 2.05) is 0 Å². The highest BCUT2D eigenvalue weighted by atomic mass is 32.2. The number of phenolic OH excluding ortho intramolecular Hbond substituents is 1. The van der Waals surface area contributed by atoms with Crippen molar-refractivity contribution in [3.05, 3.63) is 28.3 Å². The lowest BCUT2D eigenvalue weighted by atomic mass is 10.3. The standard InChI is InChI=1S/C10H15NO9P2S/c1-18-22(19-2,20-3)10(21(15,16)17)23-9-6-7(11(13)14)4-5-8(9)12/h4-6,12H,1-3H3,(H2,15,16,17)/p-2. The van der Waals surface area contributed by atoms with Crippen molar-refractivity contribution in [1.29, 1.82) is 0 Å². The monoisotopic (exact) mass is 385 g/mol. The molecule has 0 unspecified atom stereocenters. The number of non-ortho nitro benzene ring substituents is 1. The van der Waals surface area contributed by atoms with Crippen LogP contribution in [0.4, 0.5) is 5.69 Å². The molecular weight excluding hydrogens is 372 g/mol. The van der Waals surface area contributed by atoms with E-state index in [9.17, 15) is 29.6 Å². The molecule has 0 amide bonds. The van der Waals surface area contributed by atoms with Crippen LogP contribution in [-0.4, -0.2) is 35.7 Å². The van der Waals surface area contributed by atoms with Gasteiger partial charge in [-0.25, -0.2) is 0 Å². The first-order valence-corrected chi connectivity index (χ1v) is 9.63. The van der Waals surface area contributed by atoms with Crippen molar-refractivity contribution < 1.29 is 38.0 Å². The molecule has 0 bridgehead atoms. The van der Waals surface area contributed by atoms with Gasteiger partial charge >= 0.3 is 0 Å². The van der Waals surface area contributed by atoms with Crippen LogP contribution < -0.4 is 9.79 Å². The molecule has 0 radical (unpaired) electrons. The van der Waals surface area contributed by atoms with Crippen molar-refractivity contribution in [2.75, 3.05) is 21.3 Å². The highest BCUT2D eigenvalue weighted by Gasteiger charge is 2.28. The first-order valence-electron chi connectivity index (χ1n) is 5.73. The van der Waals surface area contributed by atoms with Crippen molar-refractivity contribution in [3.8, 4) is 5.75 Å². The van der Waals surface area contributed by atoms with Gasteiger partial charge in [0.05, 0.1) is 14.2 Å². The number of rotatable bonds is 7. The molecule has 0 spiro atoms. The molecule has 0 aromatic heterocycles. The van der Waals surface area contributed by atoms with Crippen molar-refractivity contribution in [3.63, 3.8) is 0 Å². The van der Waals surface area contributed by atoms with Crippen LogP contribution >= 0.6 is 26.9 Å². The maximum atomic E-state index is 11.6. The van der Waals surface area contributed by atoms with Gasteiger partial charge in [0.15, 0.2) is 0 Å². The van der Waals surface area contributed by atoms with Gasteiger partial charge in [0.25, 0.3) is 13.3 Å². The summed E-state index contributed by atoms with van der Waals surface area (Å²) in [7, 11) is -5.82. The van der Waals surface area contributed by atoms with Gasteiger partial charge in [-0.1, -0.05) is 11.8 Å². The summed E-state index contributed by atoms with van der Waals surface area (Å²) >= 11 is 0.283. The Hall–Kier alpha value is -0.900. The van der Waals surface area contributed by atoms with Gasteiger partial charge in [-0.15, -0.1) is 0 Å². The zero-order valence-corrected chi connectivity index (χ0v) is 14.8.